The summed E-state index contributed by atoms with van der Waals surface area (Å²) < 4.78 is 15.4. The van der Waals surface area contributed by atoms with Gasteiger partial charge in [-0.3, -0.25) is 9.59 Å². The summed E-state index contributed by atoms with van der Waals surface area (Å²) in [6.45, 7) is 3.77. The van der Waals surface area contributed by atoms with Crippen LogP contribution in [0.1, 0.15) is 34.7 Å². The fourth-order valence-electron chi connectivity index (χ4n) is 2.76. The SMILES string of the molecule is Cc1ccc(C(=O)N[C@@H](C)c2nnc(SCC(=O)Nc3ccccc3F)n2C)cc1. The van der Waals surface area contributed by atoms with E-state index in [1.807, 2.05) is 26.0 Å². The lowest BCUT2D eigenvalue weighted by Gasteiger charge is -2.13. The minimum Gasteiger partial charge on any atom is -0.342 e. The number of hydrogen-bond donors (Lipinski definition) is 2. The zero-order valence-electron chi connectivity index (χ0n) is 16.8. The van der Waals surface area contributed by atoms with E-state index in [0.29, 0.717) is 16.5 Å². The topological polar surface area (TPSA) is 88.9 Å². The molecule has 0 fully saturated rings. The Bertz CT molecular complexity index is 1050. The molecule has 0 aliphatic rings. The molecular weight excluding hydrogens is 405 g/mol. The molecule has 0 aliphatic carbocycles. The van der Waals surface area contributed by atoms with E-state index in [2.05, 4.69) is 20.8 Å². The van der Waals surface area contributed by atoms with Crippen LogP contribution >= 0.6 is 11.8 Å². The maximum absolute atomic E-state index is 13.6. The highest BCUT2D eigenvalue weighted by atomic mass is 32.2. The number of amides is 2. The molecule has 3 rings (SSSR count). The largest absolute Gasteiger partial charge is 0.342 e. The summed E-state index contributed by atoms with van der Waals surface area (Å²) in [4.78, 5) is 24.5. The van der Waals surface area contributed by atoms with Crippen LogP contribution in [0, 0.1) is 12.7 Å². The second-order valence-electron chi connectivity index (χ2n) is 6.78. The number of carbonyl (C=O) groups is 2. The number of nitrogens with one attached hydrogen (secondary N) is 2. The van der Waals surface area contributed by atoms with Crippen LogP contribution in [-0.4, -0.2) is 32.3 Å². The van der Waals surface area contributed by atoms with E-state index in [1.165, 1.54) is 23.9 Å². The molecule has 0 unspecified atom stereocenters. The van der Waals surface area contributed by atoms with Crippen molar-refractivity contribution in [3.8, 4) is 0 Å². The van der Waals surface area contributed by atoms with Crippen LogP contribution < -0.4 is 10.6 Å². The van der Waals surface area contributed by atoms with Crippen molar-refractivity contribution < 1.29 is 14.0 Å². The molecule has 2 aromatic carbocycles. The first-order valence-electron chi connectivity index (χ1n) is 9.29. The van der Waals surface area contributed by atoms with Gasteiger partial charge >= 0.3 is 0 Å². The van der Waals surface area contributed by atoms with Crippen molar-refractivity contribution in [1.82, 2.24) is 20.1 Å². The molecule has 30 heavy (non-hydrogen) atoms. The van der Waals surface area contributed by atoms with E-state index in [9.17, 15) is 14.0 Å². The minimum atomic E-state index is -0.491. The van der Waals surface area contributed by atoms with Crippen LogP contribution in [0.4, 0.5) is 10.1 Å². The number of carbonyl (C=O) groups excluding carboxylic acids is 2. The molecule has 1 aromatic heterocycles. The molecule has 3 aromatic rings. The van der Waals surface area contributed by atoms with Gasteiger partial charge in [0.1, 0.15) is 5.82 Å². The van der Waals surface area contributed by atoms with Gasteiger partial charge in [-0.2, -0.15) is 0 Å². The van der Waals surface area contributed by atoms with Crippen molar-refractivity contribution in [3.05, 3.63) is 71.3 Å². The number of nitrogens with zero attached hydrogens (tertiary/aromatic N) is 3. The summed E-state index contributed by atoms with van der Waals surface area (Å²) in [5.41, 5.74) is 1.77. The maximum atomic E-state index is 13.6. The molecule has 0 saturated carbocycles. The Kier molecular flexibility index (Phi) is 6.83. The third kappa shape index (κ3) is 5.24. The second-order valence-corrected chi connectivity index (χ2v) is 7.72. The number of thioether (sulfide) groups is 1. The molecule has 0 saturated heterocycles. The van der Waals surface area contributed by atoms with Crippen LogP contribution in [0.25, 0.3) is 0 Å². The average molecular weight is 428 g/mol. The lowest BCUT2D eigenvalue weighted by atomic mass is 10.1. The smallest absolute Gasteiger partial charge is 0.251 e. The van der Waals surface area contributed by atoms with Crippen LogP contribution in [0.3, 0.4) is 0 Å². The van der Waals surface area contributed by atoms with E-state index in [1.54, 1.807) is 35.9 Å². The zero-order valence-corrected chi connectivity index (χ0v) is 17.7. The molecule has 0 aliphatic heterocycles. The van der Waals surface area contributed by atoms with E-state index in [-0.39, 0.29) is 29.3 Å². The van der Waals surface area contributed by atoms with Gasteiger partial charge in [-0.1, -0.05) is 41.6 Å². The van der Waals surface area contributed by atoms with Gasteiger partial charge in [0.05, 0.1) is 17.5 Å². The highest BCUT2D eigenvalue weighted by molar-refractivity contribution is 7.99. The van der Waals surface area contributed by atoms with Crippen LogP contribution in [0.15, 0.2) is 53.7 Å². The van der Waals surface area contributed by atoms with Crippen molar-refractivity contribution in [2.45, 2.75) is 25.0 Å². The van der Waals surface area contributed by atoms with Crippen LogP contribution in [-0.2, 0) is 11.8 Å². The Balaban J connectivity index is 1.58. The predicted molar refractivity (Wildman–Crippen MR) is 114 cm³/mol. The molecule has 7 nitrogen and oxygen atoms in total. The standard InChI is InChI=1S/C21H22FN5O2S/c1-13-8-10-15(11-9-13)20(29)23-14(2)19-25-26-21(27(19)3)30-12-18(28)24-17-7-5-4-6-16(17)22/h4-11,14H,12H2,1-3H3,(H,23,29)(H,24,28)/t14-/m0/s1. The minimum absolute atomic E-state index is 0.0460. The summed E-state index contributed by atoms with van der Waals surface area (Å²) in [6.07, 6.45) is 0. The highest BCUT2D eigenvalue weighted by Gasteiger charge is 2.19. The van der Waals surface area contributed by atoms with Gasteiger partial charge in [0.25, 0.3) is 5.91 Å². The van der Waals surface area contributed by atoms with E-state index in [0.717, 1.165) is 5.56 Å². The van der Waals surface area contributed by atoms with Gasteiger partial charge in [-0.15, -0.1) is 10.2 Å². The third-order valence-electron chi connectivity index (χ3n) is 4.40. The van der Waals surface area contributed by atoms with Crippen molar-refractivity contribution >= 4 is 29.3 Å². The number of halogens is 1. The fraction of sp³-hybridized carbons (Fsp3) is 0.238. The zero-order chi connectivity index (χ0) is 21.7. The number of para-hydroxylation sites is 1. The Hall–Kier alpha value is -3.20. The van der Waals surface area contributed by atoms with Gasteiger partial charge in [-0.05, 0) is 38.1 Å². The number of aryl methyl sites for hydroxylation is 1. The molecule has 1 heterocycles. The number of anilines is 1. The molecule has 1 atom stereocenters. The summed E-state index contributed by atoms with van der Waals surface area (Å²) >= 11 is 1.18. The van der Waals surface area contributed by atoms with Crippen molar-refractivity contribution in [2.24, 2.45) is 7.05 Å². The number of benzene rings is 2. The molecule has 2 amide bonds. The number of hydrogen-bond acceptors (Lipinski definition) is 5. The Morgan fingerprint density at radius 3 is 2.53 bits per heavy atom. The first kappa shape index (κ1) is 21.5. The van der Waals surface area contributed by atoms with E-state index < -0.39 is 5.82 Å². The molecule has 2 N–H and O–H groups in total. The summed E-state index contributed by atoms with van der Waals surface area (Å²) in [5.74, 6) is -0.438. The highest BCUT2D eigenvalue weighted by Crippen LogP contribution is 2.20. The Labute approximate surface area is 178 Å². The Morgan fingerprint density at radius 2 is 1.83 bits per heavy atom. The lowest BCUT2D eigenvalue weighted by Crippen LogP contribution is -2.28. The normalized spacial score (nSPS) is 11.7. The van der Waals surface area contributed by atoms with Crippen molar-refractivity contribution in [1.29, 1.82) is 0 Å². The maximum Gasteiger partial charge on any atom is 0.251 e. The monoisotopic (exact) mass is 427 g/mol. The van der Waals surface area contributed by atoms with Crippen LogP contribution in [0.5, 0.6) is 0 Å². The molecule has 156 valence electrons. The number of rotatable bonds is 7. The molecule has 9 heteroatoms. The van der Waals surface area contributed by atoms with Gasteiger partial charge in [0.15, 0.2) is 11.0 Å². The van der Waals surface area contributed by atoms with Crippen molar-refractivity contribution in [2.75, 3.05) is 11.1 Å². The van der Waals surface area contributed by atoms with Gasteiger partial charge in [0, 0.05) is 12.6 Å². The average Bonchev–Trinajstić information content (AvgIpc) is 3.09. The van der Waals surface area contributed by atoms with Crippen molar-refractivity contribution in [3.63, 3.8) is 0 Å². The second kappa shape index (κ2) is 9.53. The molecule has 0 radical (unpaired) electrons. The first-order valence-corrected chi connectivity index (χ1v) is 10.3. The predicted octanol–water partition coefficient (Wildman–Crippen LogP) is 3.48. The molecular formula is C21H22FN5O2S. The molecule has 0 spiro atoms. The van der Waals surface area contributed by atoms with Crippen LogP contribution in [0.2, 0.25) is 0 Å². The first-order chi connectivity index (χ1) is 14.3. The summed E-state index contributed by atoms with van der Waals surface area (Å²) in [6, 6.07) is 12.9. The Morgan fingerprint density at radius 1 is 1.13 bits per heavy atom. The fourth-order valence-corrected chi connectivity index (χ4v) is 3.48. The summed E-state index contributed by atoms with van der Waals surface area (Å²) in [7, 11) is 1.76. The molecule has 0 bridgehead atoms. The lowest BCUT2D eigenvalue weighted by molar-refractivity contribution is -0.113. The quantitative estimate of drug-likeness (QED) is 0.564. The van der Waals surface area contributed by atoms with Gasteiger partial charge in [-0.25, -0.2) is 4.39 Å². The van der Waals surface area contributed by atoms with Gasteiger partial charge < -0.3 is 15.2 Å². The van der Waals surface area contributed by atoms with E-state index in [4.69, 9.17) is 0 Å². The van der Waals surface area contributed by atoms with Gasteiger partial charge in [0.2, 0.25) is 5.91 Å². The van der Waals surface area contributed by atoms with E-state index >= 15 is 0 Å². The summed E-state index contributed by atoms with van der Waals surface area (Å²) in [5, 5.41) is 14.2. The third-order valence-corrected chi connectivity index (χ3v) is 5.42. The number of aromatic nitrogens is 3.